The van der Waals surface area contributed by atoms with Crippen LogP contribution >= 0.6 is 23.0 Å². The molecular formula is C9H11IO2. The molecule has 0 bridgehead atoms. The van der Waals surface area contributed by atoms with E-state index in [1.807, 2.05) is 19.9 Å². The van der Waals surface area contributed by atoms with Gasteiger partial charge in [-0.15, -0.1) is 0 Å². The molecule has 0 aromatic heterocycles. The van der Waals surface area contributed by atoms with Crippen LogP contribution in [-0.4, -0.2) is 5.97 Å². The van der Waals surface area contributed by atoms with Gasteiger partial charge in [0.2, 0.25) is 0 Å². The van der Waals surface area contributed by atoms with Crippen LogP contribution in [0.4, 0.5) is 0 Å². The summed E-state index contributed by atoms with van der Waals surface area (Å²) in [5, 5.41) is 0. The first-order chi connectivity index (χ1) is 5.84. The predicted molar refractivity (Wildman–Crippen MR) is 57.2 cm³/mol. The molecule has 0 aliphatic heterocycles. The lowest BCUT2D eigenvalue weighted by Crippen LogP contribution is -1.95. The molecule has 0 unspecified atom stereocenters. The van der Waals surface area contributed by atoms with Crippen molar-refractivity contribution < 1.29 is 7.86 Å². The Morgan fingerprint density at radius 2 is 1.75 bits per heavy atom. The van der Waals surface area contributed by atoms with Gasteiger partial charge in [-0.2, -0.15) is 0 Å². The van der Waals surface area contributed by atoms with E-state index in [1.54, 1.807) is 47.3 Å². The molecule has 0 aliphatic rings. The average molecular weight is 278 g/mol. The third-order valence-electron chi connectivity index (χ3n) is 1.08. The summed E-state index contributed by atoms with van der Waals surface area (Å²) < 4.78 is 4.47. The van der Waals surface area contributed by atoms with Gasteiger partial charge in [0.1, 0.15) is 0 Å². The Labute approximate surface area is 86.6 Å². The summed E-state index contributed by atoms with van der Waals surface area (Å²) in [5.74, 6) is -0.304. The first-order valence-corrected chi connectivity index (χ1v) is 4.60. The average Bonchev–Trinajstić information content (AvgIpc) is 2.21. The molecule has 66 valence electrons. The van der Waals surface area contributed by atoms with Gasteiger partial charge in [-0.25, -0.2) is 4.79 Å². The van der Waals surface area contributed by atoms with E-state index >= 15 is 0 Å². The van der Waals surface area contributed by atoms with Crippen LogP contribution in [0.1, 0.15) is 24.2 Å². The number of rotatable bonds is 1. The van der Waals surface area contributed by atoms with Gasteiger partial charge in [-0.1, -0.05) is 32.0 Å². The van der Waals surface area contributed by atoms with Crippen LogP contribution in [-0.2, 0) is 3.07 Å². The molecule has 12 heavy (non-hydrogen) atoms. The SMILES string of the molecule is CC.O=C(OI)c1ccccc1. The fourth-order valence-electron chi connectivity index (χ4n) is 0.619. The fraction of sp³-hybridized carbons (Fsp3) is 0.222. The maximum Gasteiger partial charge on any atom is 0.347 e. The van der Waals surface area contributed by atoms with Crippen molar-refractivity contribution in [3.05, 3.63) is 35.9 Å². The molecule has 1 aromatic rings. The molecule has 0 aliphatic carbocycles. The largest absolute Gasteiger partial charge is 0.391 e. The van der Waals surface area contributed by atoms with Gasteiger partial charge >= 0.3 is 5.97 Å². The molecule has 0 amide bonds. The normalized spacial score (nSPS) is 7.92. The molecular weight excluding hydrogens is 267 g/mol. The van der Waals surface area contributed by atoms with Gasteiger partial charge in [-0.05, 0) is 12.1 Å². The van der Waals surface area contributed by atoms with Crippen molar-refractivity contribution in [2.24, 2.45) is 0 Å². The van der Waals surface area contributed by atoms with Crippen molar-refractivity contribution in [1.29, 1.82) is 0 Å². The van der Waals surface area contributed by atoms with Gasteiger partial charge in [0.05, 0.1) is 5.56 Å². The van der Waals surface area contributed by atoms with Crippen molar-refractivity contribution in [2.45, 2.75) is 13.8 Å². The third kappa shape index (κ3) is 3.71. The molecule has 2 nitrogen and oxygen atoms in total. The van der Waals surface area contributed by atoms with Crippen LogP contribution in [0.5, 0.6) is 0 Å². The lowest BCUT2D eigenvalue weighted by atomic mass is 10.2. The van der Waals surface area contributed by atoms with E-state index < -0.39 is 0 Å². The Bertz CT molecular complexity index is 221. The highest BCUT2D eigenvalue weighted by atomic mass is 127. The van der Waals surface area contributed by atoms with Crippen LogP contribution < -0.4 is 0 Å². The van der Waals surface area contributed by atoms with E-state index in [2.05, 4.69) is 3.07 Å². The first kappa shape index (κ1) is 11.4. The molecule has 0 radical (unpaired) electrons. The maximum absolute atomic E-state index is 10.8. The summed E-state index contributed by atoms with van der Waals surface area (Å²) in [4.78, 5) is 10.8. The Balaban J connectivity index is 0.000000561. The van der Waals surface area contributed by atoms with Crippen LogP contribution in [0.25, 0.3) is 0 Å². The first-order valence-electron chi connectivity index (χ1n) is 3.72. The van der Waals surface area contributed by atoms with Crippen molar-refractivity contribution in [3.63, 3.8) is 0 Å². The standard InChI is InChI=1S/C7H5IO2.C2H6/c8-10-7(9)6-4-2-1-3-5-6;1-2/h1-5H;1-2H3. The fourth-order valence-corrected chi connectivity index (χ4v) is 0.873. The summed E-state index contributed by atoms with van der Waals surface area (Å²) in [7, 11) is 0. The van der Waals surface area contributed by atoms with Crippen LogP contribution in [0.3, 0.4) is 0 Å². The van der Waals surface area contributed by atoms with Gasteiger partial charge in [0, 0.05) is 0 Å². The quantitative estimate of drug-likeness (QED) is 0.737. The zero-order chi connectivity index (χ0) is 9.40. The van der Waals surface area contributed by atoms with Crippen molar-refractivity contribution in [3.8, 4) is 0 Å². The Morgan fingerprint density at radius 1 is 1.25 bits per heavy atom. The number of hydrogen-bond donors (Lipinski definition) is 0. The van der Waals surface area contributed by atoms with E-state index in [0.717, 1.165) is 0 Å². The molecule has 0 heterocycles. The second-order valence-electron chi connectivity index (χ2n) is 1.73. The van der Waals surface area contributed by atoms with Crippen LogP contribution in [0, 0.1) is 0 Å². The predicted octanol–water partition coefficient (Wildman–Crippen LogP) is 3.22. The van der Waals surface area contributed by atoms with E-state index in [4.69, 9.17) is 0 Å². The minimum Gasteiger partial charge on any atom is -0.391 e. The summed E-state index contributed by atoms with van der Waals surface area (Å²) in [6, 6.07) is 8.86. The number of halogens is 1. The Hall–Kier alpha value is -0.580. The van der Waals surface area contributed by atoms with Crippen LogP contribution in [0.15, 0.2) is 30.3 Å². The molecule has 0 saturated heterocycles. The molecule has 0 N–H and O–H groups in total. The molecule has 1 rings (SSSR count). The lowest BCUT2D eigenvalue weighted by molar-refractivity contribution is 0.0800. The van der Waals surface area contributed by atoms with E-state index in [0.29, 0.717) is 5.56 Å². The monoisotopic (exact) mass is 278 g/mol. The van der Waals surface area contributed by atoms with E-state index in [1.165, 1.54) is 0 Å². The summed E-state index contributed by atoms with van der Waals surface area (Å²) in [5.41, 5.74) is 0.580. The number of carbonyl (C=O) groups excluding carboxylic acids is 1. The highest BCUT2D eigenvalue weighted by molar-refractivity contribution is 14.1. The van der Waals surface area contributed by atoms with E-state index in [9.17, 15) is 4.79 Å². The van der Waals surface area contributed by atoms with Gasteiger partial charge in [0.25, 0.3) is 0 Å². The molecule has 0 saturated carbocycles. The molecule has 0 fully saturated rings. The highest BCUT2D eigenvalue weighted by Gasteiger charge is 2.01. The number of benzene rings is 1. The minimum atomic E-state index is -0.304. The Morgan fingerprint density at radius 3 is 2.17 bits per heavy atom. The van der Waals surface area contributed by atoms with Crippen LogP contribution in [0.2, 0.25) is 0 Å². The minimum absolute atomic E-state index is 0.304. The lowest BCUT2D eigenvalue weighted by Gasteiger charge is -1.93. The van der Waals surface area contributed by atoms with Gasteiger partial charge in [-0.3, -0.25) is 0 Å². The maximum atomic E-state index is 10.8. The molecule has 0 spiro atoms. The highest BCUT2D eigenvalue weighted by Crippen LogP contribution is 2.02. The summed E-state index contributed by atoms with van der Waals surface area (Å²) in [6.45, 7) is 4.00. The van der Waals surface area contributed by atoms with Crippen molar-refractivity contribution in [1.82, 2.24) is 0 Å². The number of hydrogen-bond acceptors (Lipinski definition) is 2. The van der Waals surface area contributed by atoms with Crippen molar-refractivity contribution >= 4 is 29.0 Å². The summed E-state index contributed by atoms with van der Waals surface area (Å²) >= 11 is 1.57. The zero-order valence-corrected chi connectivity index (χ0v) is 9.24. The second-order valence-corrected chi connectivity index (χ2v) is 2.17. The topological polar surface area (TPSA) is 26.3 Å². The van der Waals surface area contributed by atoms with Gasteiger partial charge < -0.3 is 3.07 Å². The molecule has 0 atom stereocenters. The van der Waals surface area contributed by atoms with E-state index in [-0.39, 0.29) is 5.97 Å². The molecule has 1 aromatic carbocycles. The Kier molecular flexibility index (Phi) is 6.75. The second kappa shape index (κ2) is 7.09. The number of carbonyl (C=O) groups is 1. The van der Waals surface area contributed by atoms with Crippen molar-refractivity contribution in [2.75, 3.05) is 0 Å². The third-order valence-corrected chi connectivity index (χ3v) is 1.48. The molecule has 3 heteroatoms. The smallest absolute Gasteiger partial charge is 0.347 e. The summed E-state index contributed by atoms with van der Waals surface area (Å²) in [6.07, 6.45) is 0. The van der Waals surface area contributed by atoms with Gasteiger partial charge in [0.15, 0.2) is 23.0 Å². The zero-order valence-electron chi connectivity index (χ0n) is 7.08.